The molecule has 0 radical (unpaired) electrons. The molecule has 6 nitrogen and oxygen atoms in total. The highest BCUT2D eigenvalue weighted by atomic mass is 32.2. The van der Waals surface area contributed by atoms with Crippen LogP contribution in [0.5, 0.6) is 0 Å². The number of thioether (sulfide) groups is 1. The summed E-state index contributed by atoms with van der Waals surface area (Å²) in [7, 11) is 1.80. The zero-order chi connectivity index (χ0) is 18.4. The Kier molecular flexibility index (Phi) is 7.49. The van der Waals surface area contributed by atoms with E-state index in [0.717, 1.165) is 82.0 Å². The van der Waals surface area contributed by atoms with Crippen molar-refractivity contribution < 1.29 is 9.90 Å². The molecule has 0 bridgehead atoms. The van der Waals surface area contributed by atoms with E-state index in [1.807, 2.05) is 11.8 Å². The second kappa shape index (κ2) is 9.83. The predicted molar refractivity (Wildman–Crippen MR) is 107 cm³/mol. The Morgan fingerprint density at radius 3 is 2.50 bits per heavy atom. The fourth-order valence-corrected chi connectivity index (χ4v) is 5.30. The lowest BCUT2D eigenvalue weighted by molar-refractivity contribution is -0.136. The van der Waals surface area contributed by atoms with Gasteiger partial charge < -0.3 is 20.6 Å². The van der Waals surface area contributed by atoms with Crippen LogP contribution in [0.3, 0.4) is 0 Å². The van der Waals surface area contributed by atoms with Crippen LogP contribution in [-0.4, -0.2) is 72.2 Å². The maximum absolute atomic E-state index is 12.7. The zero-order valence-electron chi connectivity index (χ0n) is 16.0. The van der Waals surface area contributed by atoms with E-state index in [9.17, 15) is 9.90 Å². The molecule has 1 heterocycles. The molecule has 2 atom stereocenters. The molecule has 1 saturated heterocycles. The number of aliphatic hydroxyl groups excluding tert-OH is 1. The normalized spacial score (nSPS) is 33.2. The molecule has 2 aliphatic carbocycles. The van der Waals surface area contributed by atoms with Crippen molar-refractivity contribution in [2.45, 2.75) is 57.1 Å². The largest absolute Gasteiger partial charge is 0.393 e. The van der Waals surface area contributed by atoms with Gasteiger partial charge in [-0.1, -0.05) is 6.42 Å². The summed E-state index contributed by atoms with van der Waals surface area (Å²) in [5.41, 5.74) is 0. The van der Waals surface area contributed by atoms with Gasteiger partial charge in [-0.05, 0) is 38.5 Å². The van der Waals surface area contributed by atoms with E-state index in [4.69, 9.17) is 0 Å². The Morgan fingerprint density at radius 1 is 1.15 bits per heavy atom. The third kappa shape index (κ3) is 5.28. The van der Waals surface area contributed by atoms with Crippen LogP contribution in [0.15, 0.2) is 4.99 Å². The monoisotopic (exact) mass is 382 g/mol. The van der Waals surface area contributed by atoms with Crippen molar-refractivity contribution in [1.82, 2.24) is 15.5 Å². The molecule has 26 heavy (non-hydrogen) atoms. The van der Waals surface area contributed by atoms with Gasteiger partial charge in [0.25, 0.3) is 0 Å². The van der Waals surface area contributed by atoms with Gasteiger partial charge in [0.2, 0.25) is 5.91 Å². The maximum atomic E-state index is 12.7. The number of rotatable bonds is 4. The first-order valence-corrected chi connectivity index (χ1v) is 11.3. The molecule has 1 aliphatic heterocycles. The molecule has 0 aromatic heterocycles. The van der Waals surface area contributed by atoms with E-state index in [1.165, 1.54) is 0 Å². The Hall–Kier alpha value is -0.950. The molecule has 7 heteroatoms. The van der Waals surface area contributed by atoms with E-state index in [0.29, 0.717) is 17.9 Å². The van der Waals surface area contributed by atoms with Crippen LogP contribution in [0.2, 0.25) is 0 Å². The molecule has 0 aromatic carbocycles. The highest BCUT2D eigenvalue weighted by molar-refractivity contribution is 7.99. The molecule has 3 rings (SSSR count). The fraction of sp³-hybridized carbons (Fsp3) is 0.895. The maximum Gasteiger partial charge on any atom is 0.225 e. The van der Waals surface area contributed by atoms with Gasteiger partial charge >= 0.3 is 0 Å². The summed E-state index contributed by atoms with van der Waals surface area (Å²) >= 11 is 1.95. The molecule has 1 amide bonds. The molecule has 3 N–H and O–H groups in total. The summed E-state index contributed by atoms with van der Waals surface area (Å²) in [6, 6.07) is 0.385. The van der Waals surface area contributed by atoms with Gasteiger partial charge in [-0.25, -0.2) is 0 Å². The molecule has 2 saturated carbocycles. The van der Waals surface area contributed by atoms with Crippen LogP contribution >= 0.6 is 11.8 Å². The molecule has 3 aliphatic rings. The van der Waals surface area contributed by atoms with E-state index in [1.54, 1.807) is 7.05 Å². The van der Waals surface area contributed by atoms with Crippen LogP contribution in [0.25, 0.3) is 0 Å². The van der Waals surface area contributed by atoms with Crippen molar-refractivity contribution in [3.8, 4) is 0 Å². The van der Waals surface area contributed by atoms with Crippen molar-refractivity contribution >= 4 is 23.6 Å². The number of carbonyl (C=O) groups excluding carboxylic acids is 1. The first kappa shape index (κ1) is 19.8. The molecular weight excluding hydrogens is 348 g/mol. The Bertz CT molecular complexity index is 488. The topological polar surface area (TPSA) is 77.0 Å². The molecule has 2 unspecified atom stereocenters. The minimum absolute atomic E-state index is 0.171. The van der Waals surface area contributed by atoms with Crippen molar-refractivity contribution in [3.63, 3.8) is 0 Å². The number of amides is 1. The average molecular weight is 383 g/mol. The summed E-state index contributed by atoms with van der Waals surface area (Å²) in [6.45, 7) is 2.62. The van der Waals surface area contributed by atoms with Crippen LogP contribution < -0.4 is 10.6 Å². The molecule has 0 spiro atoms. The SMILES string of the molecule is CN=C(NCC1CCCC1O)NC1CCC(C(=O)N2CCSCC2)CC1. The lowest BCUT2D eigenvalue weighted by Crippen LogP contribution is -2.48. The van der Waals surface area contributed by atoms with Gasteiger partial charge in [-0.3, -0.25) is 9.79 Å². The lowest BCUT2D eigenvalue weighted by atomic mass is 9.85. The average Bonchev–Trinajstić information content (AvgIpc) is 3.10. The number of guanidine groups is 1. The Balaban J connectivity index is 1.39. The molecule has 0 aromatic rings. The Morgan fingerprint density at radius 2 is 1.88 bits per heavy atom. The molecule has 148 valence electrons. The highest BCUT2D eigenvalue weighted by Crippen LogP contribution is 2.27. The molecule has 3 fully saturated rings. The smallest absolute Gasteiger partial charge is 0.225 e. The summed E-state index contributed by atoms with van der Waals surface area (Å²) < 4.78 is 0. The summed E-state index contributed by atoms with van der Waals surface area (Å²) in [5.74, 6) is 3.92. The molecular formula is C19H34N4O2S. The number of nitrogens with zero attached hydrogens (tertiary/aromatic N) is 2. The van der Waals surface area contributed by atoms with Gasteiger partial charge in [-0.2, -0.15) is 11.8 Å². The minimum atomic E-state index is -0.171. The van der Waals surface area contributed by atoms with Gasteiger partial charge in [0.1, 0.15) is 0 Å². The first-order chi connectivity index (χ1) is 12.7. The Labute approximate surface area is 161 Å². The third-order valence-electron chi connectivity index (χ3n) is 6.11. The van der Waals surface area contributed by atoms with Crippen molar-refractivity contribution in [1.29, 1.82) is 0 Å². The van der Waals surface area contributed by atoms with Gasteiger partial charge in [0.05, 0.1) is 6.10 Å². The van der Waals surface area contributed by atoms with Crippen molar-refractivity contribution in [3.05, 3.63) is 0 Å². The summed E-state index contributed by atoms with van der Waals surface area (Å²) in [5, 5.41) is 16.8. The second-order valence-electron chi connectivity index (χ2n) is 7.84. The van der Waals surface area contributed by atoms with Crippen LogP contribution in [0.1, 0.15) is 44.9 Å². The summed E-state index contributed by atoms with van der Waals surface area (Å²) in [6.07, 6.45) is 6.94. The first-order valence-electron chi connectivity index (χ1n) is 10.2. The number of aliphatic hydroxyl groups is 1. The van der Waals surface area contributed by atoms with Crippen molar-refractivity contribution in [2.75, 3.05) is 38.2 Å². The lowest BCUT2D eigenvalue weighted by Gasteiger charge is -2.34. The number of hydrogen-bond acceptors (Lipinski definition) is 4. The van der Waals surface area contributed by atoms with Gasteiger partial charge in [0.15, 0.2) is 5.96 Å². The second-order valence-corrected chi connectivity index (χ2v) is 9.07. The third-order valence-corrected chi connectivity index (χ3v) is 7.06. The number of carbonyl (C=O) groups is 1. The summed E-state index contributed by atoms with van der Waals surface area (Å²) in [4.78, 5) is 19.1. The van der Waals surface area contributed by atoms with E-state index < -0.39 is 0 Å². The number of nitrogens with one attached hydrogen (secondary N) is 2. The quantitative estimate of drug-likeness (QED) is 0.507. The highest BCUT2D eigenvalue weighted by Gasteiger charge is 2.30. The standard InChI is InChI=1S/C19H34N4O2S/c1-20-19(21-13-15-3-2-4-17(15)24)22-16-7-5-14(6-8-16)18(25)23-9-11-26-12-10-23/h14-17,24H,2-13H2,1H3,(H2,20,21,22). The fourth-order valence-electron chi connectivity index (χ4n) is 4.40. The predicted octanol–water partition coefficient (Wildman–Crippen LogP) is 1.45. The van der Waals surface area contributed by atoms with E-state index in [2.05, 4.69) is 20.5 Å². The van der Waals surface area contributed by atoms with E-state index in [-0.39, 0.29) is 12.0 Å². The van der Waals surface area contributed by atoms with Crippen LogP contribution in [0.4, 0.5) is 0 Å². The number of aliphatic imine (C=N–C) groups is 1. The van der Waals surface area contributed by atoms with E-state index >= 15 is 0 Å². The number of hydrogen-bond donors (Lipinski definition) is 3. The zero-order valence-corrected chi connectivity index (χ0v) is 16.8. The van der Waals surface area contributed by atoms with Crippen LogP contribution in [0, 0.1) is 11.8 Å². The van der Waals surface area contributed by atoms with Crippen LogP contribution in [-0.2, 0) is 4.79 Å². The minimum Gasteiger partial charge on any atom is -0.393 e. The van der Waals surface area contributed by atoms with Crippen molar-refractivity contribution in [2.24, 2.45) is 16.8 Å². The van der Waals surface area contributed by atoms with Gasteiger partial charge in [0, 0.05) is 56.1 Å². The van der Waals surface area contributed by atoms with Gasteiger partial charge in [-0.15, -0.1) is 0 Å².